The summed E-state index contributed by atoms with van der Waals surface area (Å²) in [4.78, 5) is 3.80. The molecule has 0 atom stereocenters. The van der Waals surface area contributed by atoms with E-state index in [1.165, 1.54) is 19.3 Å². The van der Waals surface area contributed by atoms with Crippen molar-refractivity contribution in [3.8, 4) is 0 Å². The lowest BCUT2D eigenvalue weighted by Crippen LogP contribution is -2.30. The highest BCUT2D eigenvalue weighted by molar-refractivity contribution is 7.91. The maximum Gasteiger partial charge on any atom is 0.244 e. The molecule has 1 aromatic rings. The van der Waals surface area contributed by atoms with Gasteiger partial charge in [-0.2, -0.15) is 0 Å². The number of nitrogens with zero attached hydrogens (tertiary/aromatic N) is 1. The minimum atomic E-state index is -3.78. The largest absolute Gasteiger partial charge is 0.384 e. The van der Waals surface area contributed by atoms with Crippen molar-refractivity contribution in [2.24, 2.45) is 0 Å². The third kappa shape index (κ3) is 4.73. The summed E-state index contributed by atoms with van der Waals surface area (Å²) in [5.74, 6) is -0.232. The lowest BCUT2D eigenvalue weighted by molar-refractivity contribution is 0.581. The van der Waals surface area contributed by atoms with Gasteiger partial charge in [0.2, 0.25) is 10.0 Å². The summed E-state index contributed by atoms with van der Waals surface area (Å²) in [5.41, 5.74) is 0.438. The van der Waals surface area contributed by atoms with E-state index in [-0.39, 0.29) is 22.9 Å². The number of aromatic nitrogens is 1. The van der Waals surface area contributed by atoms with Crippen LogP contribution in [0.1, 0.15) is 13.8 Å². The molecule has 0 saturated carbocycles. The van der Waals surface area contributed by atoms with Crippen LogP contribution in [0, 0.1) is 0 Å². The average molecular weight is 321 g/mol. The molecule has 0 fully saturated rings. The Bertz CT molecular complexity index is 641. The highest BCUT2D eigenvalue weighted by Gasteiger charge is 2.19. The average Bonchev–Trinajstić information content (AvgIpc) is 2.39. The number of rotatable bonds is 8. The van der Waals surface area contributed by atoms with Crippen LogP contribution in [0.4, 0.5) is 5.69 Å². The van der Waals surface area contributed by atoms with E-state index in [0.29, 0.717) is 12.2 Å². The summed E-state index contributed by atoms with van der Waals surface area (Å²) >= 11 is 0. The Morgan fingerprint density at radius 3 is 2.50 bits per heavy atom. The van der Waals surface area contributed by atoms with E-state index in [0.717, 1.165) is 0 Å². The molecule has 1 heterocycles. The quantitative estimate of drug-likeness (QED) is 0.710. The van der Waals surface area contributed by atoms with E-state index in [2.05, 4.69) is 15.0 Å². The van der Waals surface area contributed by atoms with Crippen LogP contribution in [0.25, 0.3) is 0 Å². The van der Waals surface area contributed by atoms with Crippen LogP contribution >= 0.6 is 0 Å². The number of hydrogen-bond acceptors (Lipinski definition) is 6. The second-order valence-electron chi connectivity index (χ2n) is 4.04. The van der Waals surface area contributed by atoms with Crippen molar-refractivity contribution in [2.75, 3.05) is 29.9 Å². The second kappa shape index (κ2) is 7.00. The molecule has 0 radical (unpaired) electrons. The first-order valence-electron chi connectivity index (χ1n) is 6.20. The Hall–Kier alpha value is -1.19. The van der Waals surface area contributed by atoms with E-state index < -0.39 is 19.9 Å². The topological polar surface area (TPSA) is 105 Å². The van der Waals surface area contributed by atoms with Crippen LogP contribution in [0.3, 0.4) is 0 Å². The van der Waals surface area contributed by atoms with Gasteiger partial charge in [-0.05, 0) is 13.0 Å². The molecule has 0 amide bonds. The van der Waals surface area contributed by atoms with Gasteiger partial charge < -0.3 is 5.32 Å². The summed E-state index contributed by atoms with van der Waals surface area (Å²) in [7, 11) is -6.99. The van der Waals surface area contributed by atoms with E-state index >= 15 is 0 Å². The maximum atomic E-state index is 12.1. The Morgan fingerprint density at radius 1 is 1.20 bits per heavy atom. The fourth-order valence-corrected chi connectivity index (χ4v) is 3.47. The highest BCUT2D eigenvalue weighted by atomic mass is 32.2. The van der Waals surface area contributed by atoms with Crippen molar-refractivity contribution < 1.29 is 16.8 Å². The van der Waals surface area contributed by atoms with E-state index in [1.54, 1.807) is 6.07 Å². The zero-order valence-electron chi connectivity index (χ0n) is 11.5. The third-order valence-electron chi connectivity index (χ3n) is 2.59. The first kappa shape index (κ1) is 16.9. The number of pyridine rings is 1. The smallest absolute Gasteiger partial charge is 0.244 e. The lowest BCUT2D eigenvalue weighted by atomic mass is 10.4. The SMILES string of the molecule is CCNc1ccncc1S(=O)(=O)NCCS(=O)(=O)CC. The van der Waals surface area contributed by atoms with Crippen LogP contribution in [0.5, 0.6) is 0 Å². The summed E-state index contributed by atoms with van der Waals surface area (Å²) in [6.45, 7) is 3.78. The first-order valence-corrected chi connectivity index (χ1v) is 9.51. The van der Waals surface area contributed by atoms with Gasteiger partial charge in [0, 0.05) is 31.2 Å². The van der Waals surface area contributed by atoms with Gasteiger partial charge in [-0.3, -0.25) is 4.98 Å². The van der Waals surface area contributed by atoms with Gasteiger partial charge in [-0.1, -0.05) is 6.92 Å². The van der Waals surface area contributed by atoms with Crippen LogP contribution in [0.2, 0.25) is 0 Å². The predicted octanol–water partition coefficient (Wildman–Crippen LogP) is 0.226. The van der Waals surface area contributed by atoms with Crippen LogP contribution in [0.15, 0.2) is 23.4 Å². The maximum absolute atomic E-state index is 12.1. The molecule has 0 aliphatic heterocycles. The molecule has 1 rings (SSSR count). The van der Waals surface area contributed by atoms with Crippen molar-refractivity contribution in [1.29, 1.82) is 0 Å². The van der Waals surface area contributed by atoms with Gasteiger partial charge in [-0.25, -0.2) is 21.6 Å². The van der Waals surface area contributed by atoms with Gasteiger partial charge in [0.05, 0.1) is 11.4 Å². The monoisotopic (exact) mass is 321 g/mol. The molecule has 2 N–H and O–H groups in total. The Balaban J connectivity index is 2.84. The van der Waals surface area contributed by atoms with Gasteiger partial charge >= 0.3 is 0 Å². The number of hydrogen-bond donors (Lipinski definition) is 2. The Labute approximate surface area is 119 Å². The molecule has 0 aliphatic rings. The molecular weight excluding hydrogens is 302 g/mol. The first-order chi connectivity index (χ1) is 9.32. The third-order valence-corrected chi connectivity index (χ3v) is 5.78. The summed E-state index contributed by atoms with van der Waals surface area (Å²) in [5, 5.41) is 2.92. The minimum absolute atomic E-state index is 0.00966. The van der Waals surface area contributed by atoms with Gasteiger partial charge in [-0.15, -0.1) is 0 Å². The highest BCUT2D eigenvalue weighted by Crippen LogP contribution is 2.18. The Kier molecular flexibility index (Phi) is 5.90. The predicted molar refractivity (Wildman–Crippen MR) is 77.9 cm³/mol. The van der Waals surface area contributed by atoms with Crippen molar-refractivity contribution in [1.82, 2.24) is 9.71 Å². The van der Waals surface area contributed by atoms with E-state index in [4.69, 9.17) is 0 Å². The van der Waals surface area contributed by atoms with Crippen molar-refractivity contribution in [3.63, 3.8) is 0 Å². The molecule has 20 heavy (non-hydrogen) atoms. The molecule has 0 saturated heterocycles. The zero-order valence-corrected chi connectivity index (χ0v) is 13.1. The van der Waals surface area contributed by atoms with E-state index in [1.807, 2.05) is 6.92 Å². The zero-order chi connectivity index (χ0) is 15.2. The van der Waals surface area contributed by atoms with Gasteiger partial charge in [0.25, 0.3) is 0 Å². The lowest BCUT2D eigenvalue weighted by Gasteiger charge is -2.11. The summed E-state index contributed by atoms with van der Waals surface area (Å²) < 4.78 is 49.2. The number of sulfone groups is 1. The fraction of sp³-hybridized carbons (Fsp3) is 0.545. The van der Waals surface area contributed by atoms with Crippen LogP contribution < -0.4 is 10.0 Å². The molecule has 0 unspecified atom stereocenters. The van der Waals surface area contributed by atoms with Crippen LogP contribution in [-0.4, -0.2) is 46.4 Å². The van der Waals surface area contributed by atoms with Crippen molar-refractivity contribution in [2.45, 2.75) is 18.7 Å². The molecule has 7 nitrogen and oxygen atoms in total. The van der Waals surface area contributed by atoms with Gasteiger partial charge in [0.15, 0.2) is 9.84 Å². The molecule has 1 aromatic heterocycles. The van der Waals surface area contributed by atoms with Crippen molar-refractivity contribution in [3.05, 3.63) is 18.5 Å². The number of sulfonamides is 1. The molecular formula is C11H19N3O4S2. The van der Waals surface area contributed by atoms with Crippen molar-refractivity contribution >= 4 is 25.5 Å². The molecule has 0 spiro atoms. The second-order valence-corrected chi connectivity index (χ2v) is 8.24. The molecule has 0 aliphatic carbocycles. The molecule has 9 heteroatoms. The standard InChI is InChI=1S/C11H19N3O4S2/c1-3-13-10-5-6-12-9-11(10)20(17,18)14-7-8-19(15,16)4-2/h5-6,9,14H,3-4,7-8H2,1-2H3,(H,12,13). The van der Waals surface area contributed by atoms with Crippen LogP contribution in [-0.2, 0) is 19.9 Å². The minimum Gasteiger partial charge on any atom is -0.384 e. The molecule has 0 bridgehead atoms. The molecule has 114 valence electrons. The summed E-state index contributed by atoms with van der Waals surface area (Å²) in [6.07, 6.45) is 2.72. The normalized spacial score (nSPS) is 12.3. The number of anilines is 1. The van der Waals surface area contributed by atoms with E-state index in [9.17, 15) is 16.8 Å². The van der Waals surface area contributed by atoms with Gasteiger partial charge in [0.1, 0.15) is 4.90 Å². The fourth-order valence-electron chi connectivity index (χ4n) is 1.48. The summed E-state index contributed by atoms with van der Waals surface area (Å²) in [6, 6.07) is 1.56. The Morgan fingerprint density at radius 2 is 1.90 bits per heavy atom. The molecule has 0 aromatic carbocycles. The number of nitrogens with one attached hydrogen (secondary N) is 2.